The van der Waals surface area contributed by atoms with Crippen LogP contribution in [0.1, 0.15) is 21.6 Å². The van der Waals surface area contributed by atoms with Crippen molar-refractivity contribution in [3.63, 3.8) is 0 Å². The molecule has 1 fully saturated rings. The van der Waals surface area contributed by atoms with E-state index in [1.54, 1.807) is 11.3 Å². The molecule has 1 amide bonds. The van der Waals surface area contributed by atoms with Crippen LogP contribution in [0.4, 0.5) is 5.95 Å². The Morgan fingerprint density at radius 3 is 2.91 bits per heavy atom. The highest BCUT2D eigenvalue weighted by Gasteiger charge is 2.24. The number of carbonyl (C=O) groups excluding carboxylic acids is 1. The van der Waals surface area contributed by atoms with E-state index in [1.807, 2.05) is 27.9 Å². The van der Waals surface area contributed by atoms with Crippen LogP contribution in [0.25, 0.3) is 0 Å². The normalized spacial score (nSPS) is 17.9. The number of hydrogen-bond acceptors (Lipinski definition) is 6. The minimum absolute atomic E-state index is 0.0865. The molecule has 0 spiro atoms. The first-order chi connectivity index (χ1) is 11.3. The summed E-state index contributed by atoms with van der Waals surface area (Å²) in [7, 11) is 0. The predicted molar refractivity (Wildman–Crippen MR) is 87.8 cm³/mol. The predicted octanol–water partition coefficient (Wildman–Crippen LogP) is 1.57. The molecule has 2 aromatic heterocycles. The number of aromatic nitrogens is 2. The minimum Gasteiger partial charge on any atom is -0.378 e. The molecule has 0 radical (unpaired) electrons. The van der Waals surface area contributed by atoms with E-state index in [1.165, 1.54) is 0 Å². The van der Waals surface area contributed by atoms with Gasteiger partial charge in [-0.3, -0.25) is 4.79 Å². The van der Waals surface area contributed by atoms with E-state index in [2.05, 4.69) is 9.88 Å². The lowest BCUT2D eigenvalue weighted by molar-refractivity contribution is 0.0732. The van der Waals surface area contributed by atoms with Crippen molar-refractivity contribution in [1.29, 1.82) is 0 Å². The van der Waals surface area contributed by atoms with Crippen LogP contribution in [0.5, 0.6) is 0 Å². The molecule has 2 aliphatic rings. The Labute approximate surface area is 138 Å². The maximum Gasteiger partial charge on any atom is 0.255 e. The summed E-state index contributed by atoms with van der Waals surface area (Å²) < 4.78 is 5.37. The average Bonchev–Trinajstić information content (AvgIpc) is 3.15. The van der Waals surface area contributed by atoms with Crippen molar-refractivity contribution in [3.8, 4) is 0 Å². The van der Waals surface area contributed by atoms with Crippen LogP contribution >= 0.6 is 11.3 Å². The summed E-state index contributed by atoms with van der Waals surface area (Å²) in [5.41, 5.74) is 2.88. The van der Waals surface area contributed by atoms with E-state index < -0.39 is 0 Å². The van der Waals surface area contributed by atoms with Crippen molar-refractivity contribution in [2.45, 2.75) is 13.0 Å². The van der Waals surface area contributed by atoms with Crippen LogP contribution in [0, 0.1) is 0 Å². The van der Waals surface area contributed by atoms with Crippen LogP contribution < -0.4 is 4.90 Å². The van der Waals surface area contributed by atoms with Crippen LogP contribution in [0.15, 0.2) is 23.0 Å². The number of ether oxygens (including phenoxy) is 1. The second-order valence-electron chi connectivity index (χ2n) is 5.73. The Bertz CT molecular complexity index is 698. The lowest BCUT2D eigenvalue weighted by Gasteiger charge is -2.30. The average molecular weight is 330 g/mol. The zero-order valence-electron chi connectivity index (χ0n) is 12.8. The summed E-state index contributed by atoms with van der Waals surface area (Å²) in [5, 5.41) is 3.83. The molecule has 0 atom stereocenters. The van der Waals surface area contributed by atoms with Crippen molar-refractivity contribution in [2.24, 2.45) is 0 Å². The largest absolute Gasteiger partial charge is 0.378 e. The van der Waals surface area contributed by atoms with Crippen LogP contribution in [-0.4, -0.2) is 53.6 Å². The second-order valence-corrected chi connectivity index (χ2v) is 6.51. The van der Waals surface area contributed by atoms with Gasteiger partial charge in [0.2, 0.25) is 5.95 Å². The molecule has 2 aliphatic heterocycles. The molecule has 1 saturated heterocycles. The number of amides is 1. The molecule has 120 valence electrons. The van der Waals surface area contributed by atoms with E-state index in [9.17, 15) is 4.79 Å². The molecule has 0 bridgehead atoms. The molecule has 4 rings (SSSR count). The Balaban J connectivity index is 1.54. The van der Waals surface area contributed by atoms with Gasteiger partial charge in [-0.15, -0.1) is 0 Å². The summed E-state index contributed by atoms with van der Waals surface area (Å²) in [5.74, 6) is 0.834. The van der Waals surface area contributed by atoms with Crippen molar-refractivity contribution in [3.05, 3.63) is 39.8 Å². The molecule has 7 heteroatoms. The van der Waals surface area contributed by atoms with Gasteiger partial charge in [0.05, 0.1) is 31.0 Å². The van der Waals surface area contributed by atoms with E-state index in [4.69, 9.17) is 9.72 Å². The highest BCUT2D eigenvalue weighted by atomic mass is 32.1. The maximum absolute atomic E-state index is 12.5. The van der Waals surface area contributed by atoms with Gasteiger partial charge < -0.3 is 14.5 Å². The maximum atomic E-state index is 12.5. The van der Waals surface area contributed by atoms with E-state index in [-0.39, 0.29) is 5.91 Å². The molecule has 0 saturated carbocycles. The number of carbonyl (C=O) groups is 1. The van der Waals surface area contributed by atoms with Gasteiger partial charge in [0, 0.05) is 31.2 Å². The molecular weight excluding hydrogens is 312 g/mol. The highest BCUT2D eigenvalue weighted by Crippen LogP contribution is 2.21. The zero-order chi connectivity index (χ0) is 15.6. The molecule has 0 aromatic carbocycles. The third kappa shape index (κ3) is 2.94. The zero-order valence-corrected chi connectivity index (χ0v) is 13.6. The first-order valence-electron chi connectivity index (χ1n) is 7.80. The van der Waals surface area contributed by atoms with E-state index in [0.717, 1.165) is 48.8 Å². The molecule has 0 aliphatic carbocycles. The Morgan fingerprint density at radius 2 is 2.13 bits per heavy atom. The number of fused-ring (bicyclic) bond motifs is 1. The van der Waals surface area contributed by atoms with Gasteiger partial charge in [-0.1, -0.05) is 0 Å². The van der Waals surface area contributed by atoms with Crippen molar-refractivity contribution >= 4 is 23.2 Å². The summed E-state index contributed by atoms with van der Waals surface area (Å²) >= 11 is 1.55. The third-order valence-electron chi connectivity index (χ3n) is 4.28. The van der Waals surface area contributed by atoms with E-state index in [0.29, 0.717) is 19.8 Å². The van der Waals surface area contributed by atoms with Crippen molar-refractivity contribution in [2.75, 3.05) is 37.7 Å². The molecule has 6 nitrogen and oxygen atoms in total. The summed E-state index contributed by atoms with van der Waals surface area (Å²) in [6.45, 7) is 4.34. The van der Waals surface area contributed by atoms with Crippen molar-refractivity contribution in [1.82, 2.24) is 14.9 Å². The van der Waals surface area contributed by atoms with Gasteiger partial charge in [-0.2, -0.15) is 11.3 Å². The van der Waals surface area contributed by atoms with Crippen molar-refractivity contribution < 1.29 is 9.53 Å². The Hall–Kier alpha value is -1.99. The first kappa shape index (κ1) is 14.6. The van der Waals surface area contributed by atoms with Gasteiger partial charge in [-0.25, -0.2) is 9.97 Å². The lowest BCUT2D eigenvalue weighted by atomic mass is 10.1. The summed E-state index contributed by atoms with van der Waals surface area (Å²) in [6, 6.07) is 1.88. The van der Waals surface area contributed by atoms with Gasteiger partial charge in [0.25, 0.3) is 5.91 Å². The van der Waals surface area contributed by atoms with Crippen LogP contribution in [0.2, 0.25) is 0 Å². The molecule has 0 unspecified atom stereocenters. The molecule has 0 N–H and O–H groups in total. The molecule has 4 heterocycles. The second kappa shape index (κ2) is 6.25. The Kier molecular flexibility index (Phi) is 3.97. The molecule has 2 aromatic rings. The van der Waals surface area contributed by atoms with Crippen LogP contribution in [0.3, 0.4) is 0 Å². The number of rotatable bonds is 2. The summed E-state index contributed by atoms with van der Waals surface area (Å²) in [4.78, 5) is 25.7. The standard InChI is InChI=1S/C16H18N4O2S/c21-15(13-2-8-23-11-13)20-3-1-12-9-17-16(18-14(12)10-20)19-4-6-22-7-5-19/h2,8-9,11H,1,3-7,10H2. The number of anilines is 1. The summed E-state index contributed by atoms with van der Waals surface area (Å²) in [6.07, 6.45) is 2.73. The molecular formula is C16H18N4O2S. The van der Waals surface area contributed by atoms with Crippen LogP contribution in [-0.2, 0) is 17.7 Å². The van der Waals surface area contributed by atoms with Gasteiger partial charge in [0.1, 0.15) is 0 Å². The number of thiophene rings is 1. The Morgan fingerprint density at radius 1 is 1.26 bits per heavy atom. The topological polar surface area (TPSA) is 58.6 Å². The fourth-order valence-electron chi connectivity index (χ4n) is 2.95. The third-order valence-corrected chi connectivity index (χ3v) is 4.97. The quantitative estimate of drug-likeness (QED) is 0.837. The number of hydrogen-bond donors (Lipinski definition) is 0. The van der Waals surface area contributed by atoms with Gasteiger partial charge in [-0.05, 0) is 23.4 Å². The fourth-order valence-corrected chi connectivity index (χ4v) is 3.58. The minimum atomic E-state index is 0.0865. The number of nitrogens with zero attached hydrogens (tertiary/aromatic N) is 4. The lowest BCUT2D eigenvalue weighted by Crippen LogP contribution is -2.39. The van der Waals surface area contributed by atoms with Gasteiger partial charge in [0.15, 0.2) is 0 Å². The monoisotopic (exact) mass is 330 g/mol. The number of morpholine rings is 1. The highest BCUT2D eigenvalue weighted by molar-refractivity contribution is 7.08. The molecule has 23 heavy (non-hydrogen) atoms. The first-order valence-corrected chi connectivity index (χ1v) is 8.74. The van der Waals surface area contributed by atoms with E-state index >= 15 is 0 Å². The SMILES string of the molecule is O=C(c1ccsc1)N1CCc2cnc(N3CCOCC3)nc2C1. The van der Waals surface area contributed by atoms with Gasteiger partial charge >= 0.3 is 0 Å². The fraction of sp³-hybridized carbons (Fsp3) is 0.438. The smallest absolute Gasteiger partial charge is 0.255 e.